The number of aromatic nitrogens is 2. The van der Waals surface area contributed by atoms with Gasteiger partial charge in [-0.05, 0) is 47.9 Å². The van der Waals surface area contributed by atoms with Gasteiger partial charge in [-0.15, -0.1) is 21.5 Å². The lowest BCUT2D eigenvalue weighted by atomic mass is 10.1. The Morgan fingerprint density at radius 2 is 1.87 bits per heavy atom. The van der Waals surface area contributed by atoms with Gasteiger partial charge in [0.2, 0.25) is 0 Å². The van der Waals surface area contributed by atoms with Crippen LogP contribution in [0.5, 0.6) is 5.75 Å². The van der Waals surface area contributed by atoms with E-state index in [2.05, 4.69) is 10.2 Å². The number of allylic oxidation sites excluding steroid dienone is 1. The fourth-order valence-corrected chi connectivity index (χ4v) is 4.85. The van der Waals surface area contributed by atoms with Gasteiger partial charge >= 0.3 is 0 Å². The summed E-state index contributed by atoms with van der Waals surface area (Å²) in [6, 6.07) is 13.5. The number of hydrogen-bond donors (Lipinski definition) is 1. The topological polar surface area (TPSA) is 75.9 Å². The maximum Gasteiger partial charge on any atom is 0.186 e. The molecular formula is C22H18FN3O2S2. The van der Waals surface area contributed by atoms with Crippen molar-refractivity contribution in [1.29, 1.82) is 5.41 Å². The van der Waals surface area contributed by atoms with Gasteiger partial charge in [-0.3, -0.25) is 10.2 Å². The second kappa shape index (κ2) is 8.89. The standard InChI is InChI=1S/C22H18FN3O2S2/c1-2-18-25-26-22(30-18)19-20(27)17(29-21(19)24)11-13-5-9-16(10-6-13)28-12-14-3-7-15(23)8-4-14/h3-11,19,24H,2,12H2,1H3/b17-11-,24-21?/t19-/m1/s1. The first-order valence-corrected chi connectivity index (χ1v) is 11.0. The van der Waals surface area contributed by atoms with Crippen LogP contribution in [0, 0.1) is 11.2 Å². The Bertz CT molecular complexity index is 1110. The number of nitrogens with one attached hydrogen (secondary N) is 1. The van der Waals surface area contributed by atoms with Gasteiger partial charge in [0.05, 0.1) is 9.95 Å². The molecule has 0 bridgehead atoms. The minimum atomic E-state index is -0.641. The van der Waals surface area contributed by atoms with E-state index in [0.717, 1.165) is 22.6 Å². The molecule has 0 amide bonds. The number of halogens is 1. The number of ketones is 1. The Labute approximate surface area is 181 Å². The summed E-state index contributed by atoms with van der Waals surface area (Å²) in [5.74, 6) is -0.348. The van der Waals surface area contributed by atoms with Crippen LogP contribution in [0.2, 0.25) is 0 Å². The number of ether oxygens (including phenoxy) is 1. The highest BCUT2D eigenvalue weighted by atomic mass is 32.2. The van der Waals surface area contributed by atoms with E-state index in [1.807, 2.05) is 31.2 Å². The molecule has 30 heavy (non-hydrogen) atoms. The molecule has 0 aliphatic carbocycles. The van der Waals surface area contributed by atoms with E-state index in [4.69, 9.17) is 10.1 Å². The third-order valence-corrected chi connectivity index (χ3v) is 6.64. The molecule has 1 N–H and O–H groups in total. The summed E-state index contributed by atoms with van der Waals surface area (Å²) in [4.78, 5) is 13.4. The predicted octanol–water partition coefficient (Wildman–Crippen LogP) is 5.24. The number of benzene rings is 2. The van der Waals surface area contributed by atoms with Crippen LogP contribution in [0.4, 0.5) is 4.39 Å². The average molecular weight is 440 g/mol. The van der Waals surface area contributed by atoms with Crippen molar-refractivity contribution in [3.63, 3.8) is 0 Å². The molecule has 152 valence electrons. The van der Waals surface area contributed by atoms with Crippen LogP contribution in [0.3, 0.4) is 0 Å². The van der Waals surface area contributed by atoms with Crippen molar-refractivity contribution in [1.82, 2.24) is 10.2 Å². The molecule has 1 saturated heterocycles. The molecule has 1 aliphatic rings. The van der Waals surface area contributed by atoms with E-state index in [-0.39, 0.29) is 16.6 Å². The fraction of sp³-hybridized carbons (Fsp3) is 0.182. The lowest BCUT2D eigenvalue weighted by Crippen LogP contribution is -2.11. The van der Waals surface area contributed by atoms with Crippen LogP contribution in [0.15, 0.2) is 53.4 Å². The lowest BCUT2D eigenvalue weighted by Gasteiger charge is -2.06. The van der Waals surface area contributed by atoms with E-state index in [0.29, 0.717) is 22.3 Å². The Balaban J connectivity index is 1.43. The highest BCUT2D eigenvalue weighted by Gasteiger charge is 2.39. The molecule has 0 radical (unpaired) electrons. The first-order valence-electron chi connectivity index (χ1n) is 9.35. The molecule has 8 heteroatoms. The minimum Gasteiger partial charge on any atom is -0.489 e. The second-order valence-corrected chi connectivity index (χ2v) is 8.82. The van der Waals surface area contributed by atoms with Crippen molar-refractivity contribution in [3.8, 4) is 5.75 Å². The molecule has 0 unspecified atom stereocenters. The first kappa shape index (κ1) is 20.4. The van der Waals surface area contributed by atoms with Crippen molar-refractivity contribution in [2.45, 2.75) is 25.9 Å². The lowest BCUT2D eigenvalue weighted by molar-refractivity contribution is -0.114. The molecule has 0 saturated carbocycles. The zero-order chi connectivity index (χ0) is 21.1. The number of thioether (sulfide) groups is 1. The van der Waals surface area contributed by atoms with Gasteiger partial charge in [0.15, 0.2) is 5.78 Å². The molecular weight excluding hydrogens is 421 g/mol. The van der Waals surface area contributed by atoms with Gasteiger partial charge in [0, 0.05) is 0 Å². The molecule has 3 aromatic rings. The number of hydrogen-bond acceptors (Lipinski definition) is 7. The number of carbonyl (C=O) groups is 1. The summed E-state index contributed by atoms with van der Waals surface area (Å²) in [6.07, 6.45) is 2.55. The summed E-state index contributed by atoms with van der Waals surface area (Å²) < 4.78 is 18.7. The minimum absolute atomic E-state index is 0.111. The third-order valence-electron chi connectivity index (χ3n) is 4.52. The van der Waals surface area contributed by atoms with Crippen molar-refractivity contribution in [3.05, 3.63) is 80.4 Å². The number of nitrogens with zero attached hydrogens (tertiary/aromatic N) is 2. The van der Waals surface area contributed by atoms with Crippen molar-refractivity contribution in [2.75, 3.05) is 0 Å². The van der Waals surface area contributed by atoms with E-state index >= 15 is 0 Å². The third kappa shape index (κ3) is 4.49. The largest absolute Gasteiger partial charge is 0.489 e. The Morgan fingerprint density at radius 3 is 2.53 bits per heavy atom. The van der Waals surface area contributed by atoms with Gasteiger partial charge < -0.3 is 4.74 Å². The monoisotopic (exact) mass is 439 g/mol. The Morgan fingerprint density at radius 1 is 1.13 bits per heavy atom. The van der Waals surface area contributed by atoms with Crippen molar-refractivity contribution < 1.29 is 13.9 Å². The molecule has 5 nitrogen and oxygen atoms in total. The SMILES string of the molecule is CCc1nnc([C@H]2C(=N)S/C(=C\c3ccc(OCc4ccc(F)cc4)cc3)C2=O)s1. The van der Waals surface area contributed by atoms with Gasteiger partial charge in [-0.2, -0.15) is 0 Å². The molecule has 2 aromatic carbocycles. The van der Waals surface area contributed by atoms with Crippen LogP contribution in [-0.4, -0.2) is 21.0 Å². The van der Waals surface area contributed by atoms with Crippen molar-refractivity contribution in [2.24, 2.45) is 0 Å². The maximum atomic E-state index is 13.0. The number of carbonyl (C=O) groups excluding carboxylic acids is 1. The van der Waals surface area contributed by atoms with Crippen LogP contribution in [0.1, 0.15) is 34.0 Å². The zero-order valence-corrected chi connectivity index (χ0v) is 17.7. The number of aryl methyl sites for hydroxylation is 1. The zero-order valence-electron chi connectivity index (χ0n) is 16.1. The van der Waals surface area contributed by atoms with Gasteiger partial charge in [0.1, 0.15) is 34.1 Å². The van der Waals surface area contributed by atoms with Crippen LogP contribution < -0.4 is 4.74 Å². The number of rotatable bonds is 6. The Hall–Kier alpha value is -2.84. The van der Waals surface area contributed by atoms with Crippen LogP contribution in [-0.2, 0) is 17.8 Å². The van der Waals surface area contributed by atoms with Gasteiger partial charge in [0.25, 0.3) is 0 Å². The molecule has 1 fully saturated rings. The molecule has 1 atom stereocenters. The highest BCUT2D eigenvalue weighted by molar-refractivity contribution is 8.19. The normalized spacial score (nSPS) is 17.7. The quantitative estimate of drug-likeness (QED) is 0.532. The predicted molar refractivity (Wildman–Crippen MR) is 118 cm³/mol. The molecule has 2 heterocycles. The van der Waals surface area contributed by atoms with Crippen LogP contribution in [0.25, 0.3) is 6.08 Å². The van der Waals surface area contributed by atoms with Gasteiger partial charge in [-0.25, -0.2) is 4.39 Å². The summed E-state index contributed by atoms with van der Waals surface area (Å²) in [7, 11) is 0. The van der Waals surface area contributed by atoms with E-state index in [1.165, 1.54) is 35.2 Å². The maximum absolute atomic E-state index is 13.0. The molecule has 1 aliphatic heterocycles. The van der Waals surface area contributed by atoms with E-state index in [9.17, 15) is 9.18 Å². The van der Waals surface area contributed by atoms with Crippen molar-refractivity contribution >= 4 is 40.0 Å². The van der Waals surface area contributed by atoms with E-state index < -0.39 is 5.92 Å². The summed E-state index contributed by atoms with van der Waals surface area (Å²) in [6.45, 7) is 2.33. The average Bonchev–Trinajstić information content (AvgIpc) is 3.32. The van der Waals surface area contributed by atoms with Crippen LogP contribution >= 0.6 is 23.1 Å². The number of Topliss-reactive ketones (excluding diaryl/α,β-unsaturated/α-hetero) is 1. The van der Waals surface area contributed by atoms with E-state index in [1.54, 1.807) is 18.2 Å². The summed E-state index contributed by atoms with van der Waals surface area (Å²) in [5.41, 5.74) is 1.72. The fourth-order valence-electron chi connectivity index (χ4n) is 2.90. The molecule has 4 rings (SSSR count). The highest BCUT2D eigenvalue weighted by Crippen LogP contribution is 2.41. The Kier molecular flexibility index (Phi) is 6.06. The molecule has 1 aromatic heterocycles. The second-order valence-electron chi connectivity index (χ2n) is 6.64. The molecule has 0 spiro atoms. The summed E-state index contributed by atoms with van der Waals surface area (Å²) in [5, 5.41) is 18.1. The summed E-state index contributed by atoms with van der Waals surface area (Å²) >= 11 is 2.56. The smallest absolute Gasteiger partial charge is 0.186 e. The first-order chi connectivity index (χ1) is 14.5. The van der Waals surface area contributed by atoms with Gasteiger partial charge in [-0.1, -0.05) is 43.0 Å².